The molecule has 2 aliphatic rings. The Morgan fingerprint density at radius 2 is 1.85 bits per heavy atom. The van der Waals surface area contributed by atoms with Gasteiger partial charge in [-0.2, -0.15) is 4.98 Å². The fourth-order valence-corrected chi connectivity index (χ4v) is 4.04. The molecule has 2 fully saturated rings. The molecule has 4 heterocycles. The molecule has 2 saturated heterocycles. The number of urea groups is 1. The summed E-state index contributed by atoms with van der Waals surface area (Å²) in [6, 6.07) is 5.89. The molecule has 8 heteroatoms. The van der Waals surface area contributed by atoms with Gasteiger partial charge in [0.25, 0.3) is 0 Å². The molecule has 0 unspecified atom stereocenters. The first kappa shape index (κ1) is 17.1. The van der Waals surface area contributed by atoms with Crippen molar-refractivity contribution in [2.24, 2.45) is 0 Å². The lowest BCUT2D eigenvalue weighted by atomic mass is 10.3. The monoisotopic (exact) mass is 372 g/mol. The number of nitrogens with one attached hydrogen (secondary N) is 1. The van der Waals surface area contributed by atoms with E-state index < -0.39 is 0 Å². The van der Waals surface area contributed by atoms with Gasteiger partial charge < -0.3 is 14.7 Å². The molecule has 0 spiro atoms. The number of carbonyl (C=O) groups is 1. The van der Waals surface area contributed by atoms with Crippen molar-refractivity contribution >= 4 is 34.1 Å². The van der Waals surface area contributed by atoms with E-state index >= 15 is 0 Å². The van der Waals surface area contributed by atoms with Crippen molar-refractivity contribution in [2.45, 2.75) is 19.8 Å². The molecular formula is C18H24N6OS. The van der Waals surface area contributed by atoms with Gasteiger partial charge in [-0.3, -0.25) is 5.32 Å². The van der Waals surface area contributed by atoms with E-state index in [1.165, 1.54) is 24.2 Å². The number of nitrogens with zero attached hydrogens (tertiary/aromatic N) is 5. The number of aromatic nitrogens is 2. The van der Waals surface area contributed by atoms with Crippen LogP contribution in [0.5, 0.6) is 0 Å². The van der Waals surface area contributed by atoms with Crippen LogP contribution in [0.3, 0.4) is 0 Å². The Hall–Kier alpha value is -2.35. The highest BCUT2D eigenvalue weighted by atomic mass is 32.1. The van der Waals surface area contributed by atoms with Gasteiger partial charge in [0.05, 0.1) is 5.00 Å². The smallest absolute Gasteiger partial charge is 0.322 e. The zero-order valence-electron chi connectivity index (χ0n) is 15.0. The second-order valence-corrected chi connectivity index (χ2v) is 7.69. The lowest BCUT2D eigenvalue weighted by molar-refractivity contribution is 0.208. The molecule has 2 aromatic heterocycles. The lowest BCUT2D eigenvalue weighted by Crippen LogP contribution is -2.50. The highest BCUT2D eigenvalue weighted by Crippen LogP contribution is 2.22. The highest BCUT2D eigenvalue weighted by Gasteiger charge is 2.24. The fourth-order valence-electron chi connectivity index (χ4n) is 3.43. The third-order valence-electron chi connectivity index (χ3n) is 4.86. The van der Waals surface area contributed by atoms with E-state index in [1.807, 2.05) is 29.3 Å². The summed E-state index contributed by atoms with van der Waals surface area (Å²) < 4.78 is 0. The van der Waals surface area contributed by atoms with Gasteiger partial charge in [0.1, 0.15) is 5.82 Å². The van der Waals surface area contributed by atoms with Crippen LogP contribution in [0, 0.1) is 6.92 Å². The number of anilines is 3. The summed E-state index contributed by atoms with van der Waals surface area (Å²) in [4.78, 5) is 28.2. The number of amides is 2. The minimum absolute atomic E-state index is 0.0324. The van der Waals surface area contributed by atoms with Crippen LogP contribution in [-0.2, 0) is 0 Å². The first-order chi connectivity index (χ1) is 12.7. The Labute approximate surface area is 157 Å². The van der Waals surface area contributed by atoms with Gasteiger partial charge in [-0.25, -0.2) is 9.78 Å². The van der Waals surface area contributed by atoms with Gasteiger partial charge in [0, 0.05) is 51.0 Å². The fraction of sp³-hybridized carbons (Fsp3) is 0.500. The zero-order valence-corrected chi connectivity index (χ0v) is 15.8. The number of rotatable bonds is 3. The maximum atomic E-state index is 12.4. The van der Waals surface area contributed by atoms with Crippen molar-refractivity contribution in [3.63, 3.8) is 0 Å². The van der Waals surface area contributed by atoms with Gasteiger partial charge in [0.15, 0.2) is 0 Å². The molecule has 0 aromatic carbocycles. The van der Waals surface area contributed by atoms with Gasteiger partial charge in [0.2, 0.25) is 5.95 Å². The highest BCUT2D eigenvalue weighted by molar-refractivity contribution is 7.14. The largest absolute Gasteiger partial charge is 0.356 e. The molecule has 0 atom stereocenters. The van der Waals surface area contributed by atoms with Crippen LogP contribution < -0.4 is 15.1 Å². The maximum Gasteiger partial charge on any atom is 0.322 e. The first-order valence-corrected chi connectivity index (χ1v) is 10.0. The number of hydrogen-bond acceptors (Lipinski definition) is 6. The molecular weight excluding hydrogens is 348 g/mol. The average molecular weight is 372 g/mol. The van der Waals surface area contributed by atoms with Crippen molar-refractivity contribution < 1.29 is 4.79 Å². The molecule has 7 nitrogen and oxygen atoms in total. The normalized spacial score (nSPS) is 17.7. The Morgan fingerprint density at radius 1 is 1.08 bits per heavy atom. The molecule has 26 heavy (non-hydrogen) atoms. The van der Waals surface area contributed by atoms with Crippen LogP contribution in [0.2, 0.25) is 0 Å². The van der Waals surface area contributed by atoms with E-state index in [4.69, 9.17) is 4.98 Å². The predicted octanol–water partition coefficient (Wildman–Crippen LogP) is 2.80. The SMILES string of the molecule is Cc1cc(N2CCCC2)nc(N2CCN(C(=O)Nc3cccs3)CC2)n1. The van der Waals surface area contributed by atoms with Crippen LogP contribution in [0.25, 0.3) is 0 Å². The van der Waals surface area contributed by atoms with E-state index in [-0.39, 0.29) is 6.03 Å². The maximum absolute atomic E-state index is 12.4. The Bertz CT molecular complexity index is 751. The molecule has 2 aliphatic heterocycles. The third kappa shape index (κ3) is 3.75. The summed E-state index contributed by atoms with van der Waals surface area (Å²) in [6.07, 6.45) is 2.47. The molecule has 1 N–H and O–H groups in total. The van der Waals surface area contributed by atoms with Gasteiger partial charge in [-0.15, -0.1) is 11.3 Å². The summed E-state index contributed by atoms with van der Waals surface area (Å²) >= 11 is 1.53. The van der Waals surface area contributed by atoms with Crippen molar-refractivity contribution in [2.75, 3.05) is 54.4 Å². The van der Waals surface area contributed by atoms with E-state index in [2.05, 4.69) is 26.2 Å². The van der Waals surface area contributed by atoms with E-state index in [0.717, 1.165) is 48.6 Å². The summed E-state index contributed by atoms with van der Waals surface area (Å²) in [6.45, 7) is 7.03. The van der Waals surface area contributed by atoms with Gasteiger partial charge in [-0.1, -0.05) is 0 Å². The second kappa shape index (κ2) is 7.49. The van der Waals surface area contributed by atoms with E-state index in [0.29, 0.717) is 13.1 Å². The van der Waals surface area contributed by atoms with Crippen molar-refractivity contribution in [1.82, 2.24) is 14.9 Å². The Balaban J connectivity index is 1.39. The standard InChI is InChI=1S/C18H24N6OS/c1-14-13-15(22-6-2-3-7-22)20-17(19-14)23-8-10-24(11-9-23)18(25)21-16-5-4-12-26-16/h4-5,12-13H,2-3,6-11H2,1H3,(H,21,25). The summed E-state index contributed by atoms with van der Waals surface area (Å²) in [5.41, 5.74) is 0.995. The lowest BCUT2D eigenvalue weighted by Gasteiger charge is -2.35. The summed E-state index contributed by atoms with van der Waals surface area (Å²) in [5, 5.41) is 5.79. The molecule has 4 rings (SSSR count). The number of piperazine rings is 1. The molecule has 0 aliphatic carbocycles. The van der Waals surface area contributed by atoms with Crippen molar-refractivity contribution in [3.05, 3.63) is 29.3 Å². The van der Waals surface area contributed by atoms with Crippen LogP contribution >= 0.6 is 11.3 Å². The molecule has 0 bridgehead atoms. The molecule has 2 aromatic rings. The molecule has 138 valence electrons. The van der Waals surface area contributed by atoms with Crippen LogP contribution in [-0.4, -0.2) is 60.2 Å². The van der Waals surface area contributed by atoms with Crippen LogP contribution in [0.15, 0.2) is 23.6 Å². The first-order valence-electron chi connectivity index (χ1n) is 9.14. The van der Waals surface area contributed by atoms with Crippen LogP contribution in [0.4, 0.5) is 21.6 Å². The summed E-state index contributed by atoms with van der Waals surface area (Å²) in [5.74, 6) is 1.81. The minimum Gasteiger partial charge on any atom is -0.356 e. The zero-order chi connectivity index (χ0) is 17.9. The van der Waals surface area contributed by atoms with Crippen molar-refractivity contribution in [3.8, 4) is 0 Å². The number of hydrogen-bond donors (Lipinski definition) is 1. The van der Waals surface area contributed by atoms with Crippen LogP contribution in [0.1, 0.15) is 18.5 Å². The number of carbonyl (C=O) groups excluding carboxylic acids is 1. The second-order valence-electron chi connectivity index (χ2n) is 6.74. The van der Waals surface area contributed by atoms with E-state index in [9.17, 15) is 4.79 Å². The average Bonchev–Trinajstić information content (AvgIpc) is 3.35. The number of aryl methyl sites for hydroxylation is 1. The Morgan fingerprint density at radius 3 is 2.54 bits per heavy atom. The molecule has 2 amide bonds. The topological polar surface area (TPSA) is 64.6 Å². The minimum atomic E-state index is -0.0324. The van der Waals surface area contributed by atoms with Crippen molar-refractivity contribution in [1.29, 1.82) is 0 Å². The van der Waals surface area contributed by atoms with E-state index in [1.54, 1.807) is 0 Å². The Kier molecular flexibility index (Phi) is 4.92. The van der Waals surface area contributed by atoms with Gasteiger partial charge in [-0.05, 0) is 37.3 Å². The molecule has 0 radical (unpaired) electrons. The molecule has 0 saturated carbocycles. The quantitative estimate of drug-likeness (QED) is 0.898. The third-order valence-corrected chi connectivity index (χ3v) is 5.65. The van der Waals surface area contributed by atoms with Gasteiger partial charge >= 0.3 is 6.03 Å². The predicted molar refractivity (Wildman–Crippen MR) is 105 cm³/mol. The summed E-state index contributed by atoms with van der Waals surface area (Å²) in [7, 11) is 0. The number of thiophene rings is 1.